The van der Waals surface area contributed by atoms with Crippen LogP contribution >= 0.6 is 0 Å². The molecule has 1 fully saturated rings. The van der Waals surface area contributed by atoms with Gasteiger partial charge in [0.15, 0.2) is 22.9 Å². The topological polar surface area (TPSA) is 139 Å². The van der Waals surface area contributed by atoms with Crippen LogP contribution in [0.25, 0.3) is 11.2 Å². The fourth-order valence-corrected chi connectivity index (χ4v) is 2.53. The summed E-state index contributed by atoms with van der Waals surface area (Å²) in [6, 6.07) is 0. The second-order valence-electron chi connectivity index (χ2n) is 5.24. The number of H-pyrrole nitrogens is 1. The molecular formula is C11H11F4N5O4. The zero-order valence-electron chi connectivity index (χ0n) is 11.7. The van der Waals surface area contributed by atoms with Gasteiger partial charge in [0.2, 0.25) is 12.2 Å². The minimum atomic E-state index is -4.23. The molecule has 1 aliphatic rings. The molecule has 2 aromatic rings. The first-order valence-corrected chi connectivity index (χ1v) is 6.50. The van der Waals surface area contributed by atoms with Crippen LogP contribution in [0.2, 0.25) is 0 Å². The van der Waals surface area contributed by atoms with E-state index in [-0.39, 0.29) is 5.52 Å². The number of anilines is 1. The van der Waals surface area contributed by atoms with Gasteiger partial charge in [0.1, 0.15) is 0 Å². The van der Waals surface area contributed by atoms with E-state index in [0.29, 0.717) is 4.57 Å². The van der Waals surface area contributed by atoms with Gasteiger partial charge in [-0.15, -0.1) is 0 Å². The molecule has 0 aliphatic carbocycles. The van der Waals surface area contributed by atoms with Gasteiger partial charge in [-0.25, -0.2) is 13.8 Å². The first kappa shape index (κ1) is 16.6. The van der Waals surface area contributed by atoms with E-state index in [1.807, 2.05) is 0 Å². The number of imidazole rings is 1. The minimum absolute atomic E-state index is 0.378. The molecule has 13 heteroatoms. The maximum absolute atomic E-state index is 14.3. The van der Waals surface area contributed by atoms with Crippen LogP contribution in [-0.2, 0) is 4.74 Å². The van der Waals surface area contributed by atoms with Gasteiger partial charge < -0.3 is 20.7 Å². The standard InChI is InChI=1S/C11H11F4N5O4/c12-7(13)10(1-21)6(23)11(14,15)8(24-10)20-2-17-3-4(20)18-9(16)19-5(3)22/h2,6-8,21,23H,1H2,(H3,16,18,19,22)/t6-,8-,10-/m1/s1. The molecule has 3 rings (SSSR count). The summed E-state index contributed by atoms with van der Waals surface area (Å²) in [6.45, 7) is -1.55. The molecule has 0 aromatic carbocycles. The van der Waals surface area contributed by atoms with Crippen LogP contribution in [0.15, 0.2) is 11.1 Å². The summed E-state index contributed by atoms with van der Waals surface area (Å²) >= 11 is 0. The van der Waals surface area contributed by atoms with Crippen LogP contribution in [0.4, 0.5) is 23.5 Å². The largest absolute Gasteiger partial charge is 0.393 e. The van der Waals surface area contributed by atoms with Crippen LogP contribution in [0, 0.1) is 0 Å². The Morgan fingerprint density at radius 3 is 2.71 bits per heavy atom. The van der Waals surface area contributed by atoms with Crippen LogP contribution < -0.4 is 11.3 Å². The number of nitrogen functional groups attached to an aromatic ring is 1. The van der Waals surface area contributed by atoms with Crippen LogP contribution in [0.5, 0.6) is 0 Å². The van der Waals surface area contributed by atoms with Gasteiger partial charge in [-0.05, 0) is 0 Å². The molecule has 0 amide bonds. The van der Waals surface area contributed by atoms with E-state index < -0.39 is 54.0 Å². The molecule has 5 N–H and O–H groups in total. The molecule has 132 valence electrons. The normalized spacial score (nSPS) is 29.6. The first-order valence-electron chi connectivity index (χ1n) is 6.50. The number of nitrogens with zero attached hydrogens (tertiary/aromatic N) is 3. The molecule has 1 saturated heterocycles. The van der Waals surface area contributed by atoms with Crippen molar-refractivity contribution in [1.82, 2.24) is 19.5 Å². The second-order valence-corrected chi connectivity index (χ2v) is 5.24. The lowest BCUT2D eigenvalue weighted by atomic mass is 9.96. The van der Waals surface area contributed by atoms with E-state index in [0.717, 1.165) is 6.33 Å². The maximum Gasteiger partial charge on any atom is 0.320 e. The summed E-state index contributed by atoms with van der Waals surface area (Å²) in [5.74, 6) is -4.65. The monoisotopic (exact) mass is 353 g/mol. The van der Waals surface area contributed by atoms with Crippen molar-refractivity contribution >= 4 is 17.1 Å². The highest BCUT2D eigenvalue weighted by atomic mass is 19.3. The Bertz CT molecular complexity index is 839. The molecule has 0 radical (unpaired) electrons. The summed E-state index contributed by atoms with van der Waals surface area (Å²) in [5.41, 5.74) is 0.473. The number of halogens is 4. The quantitative estimate of drug-likeness (QED) is 0.531. The number of aliphatic hydroxyl groups is 2. The third-order valence-corrected chi connectivity index (χ3v) is 3.81. The van der Waals surface area contributed by atoms with Crippen LogP contribution in [-0.4, -0.2) is 60.4 Å². The number of alkyl halides is 4. The summed E-state index contributed by atoms with van der Waals surface area (Å²) in [4.78, 5) is 20.9. The zero-order chi connectivity index (χ0) is 17.9. The second kappa shape index (κ2) is 5.12. The SMILES string of the molecule is Nc1nc2c(ncn2[C@@H]2O[C@@](CO)(C(F)F)[C@@H](O)C2(F)F)c(=O)[nH]1. The van der Waals surface area contributed by atoms with E-state index in [4.69, 9.17) is 10.8 Å². The summed E-state index contributed by atoms with van der Waals surface area (Å²) in [7, 11) is 0. The predicted octanol–water partition coefficient (Wildman–Crippen LogP) is -0.777. The van der Waals surface area contributed by atoms with Gasteiger partial charge in [0.25, 0.3) is 12.0 Å². The molecular weight excluding hydrogens is 342 g/mol. The molecule has 2 aromatic heterocycles. The molecule has 9 nitrogen and oxygen atoms in total. The minimum Gasteiger partial charge on any atom is -0.393 e. The van der Waals surface area contributed by atoms with E-state index in [1.165, 1.54) is 0 Å². The first-order chi connectivity index (χ1) is 11.1. The van der Waals surface area contributed by atoms with Gasteiger partial charge in [0.05, 0.1) is 12.9 Å². The van der Waals surface area contributed by atoms with Gasteiger partial charge >= 0.3 is 5.92 Å². The van der Waals surface area contributed by atoms with Crippen molar-refractivity contribution in [1.29, 1.82) is 0 Å². The number of nitrogens with two attached hydrogens (primary N) is 1. The molecule has 1 aliphatic heterocycles. The highest BCUT2D eigenvalue weighted by molar-refractivity contribution is 5.70. The van der Waals surface area contributed by atoms with Gasteiger partial charge in [-0.3, -0.25) is 14.3 Å². The number of nitrogens with one attached hydrogen (secondary N) is 1. The third-order valence-electron chi connectivity index (χ3n) is 3.81. The van der Waals surface area contributed by atoms with Crippen molar-refractivity contribution in [2.24, 2.45) is 0 Å². The number of aromatic nitrogens is 4. The Balaban J connectivity index is 2.18. The predicted molar refractivity (Wildman–Crippen MR) is 69.5 cm³/mol. The van der Waals surface area contributed by atoms with Crippen molar-refractivity contribution in [3.63, 3.8) is 0 Å². The molecule has 0 saturated carbocycles. The van der Waals surface area contributed by atoms with Crippen LogP contribution in [0.1, 0.15) is 6.23 Å². The van der Waals surface area contributed by atoms with E-state index in [9.17, 15) is 27.5 Å². The molecule has 24 heavy (non-hydrogen) atoms. The number of fused-ring (bicyclic) bond motifs is 1. The van der Waals surface area contributed by atoms with Crippen LogP contribution in [0.3, 0.4) is 0 Å². The highest BCUT2D eigenvalue weighted by Crippen LogP contribution is 2.50. The van der Waals surface area contributed by atoms with Crippen molar-refractivity contribution in [3.8, 4) is 0 Å². The molecule has 0 spiro atoms. The van der Waals surface area contributed by atoms with E-state index in [2.05, 4.69) is 19.7 Å². The zero-order valence-corrected chi connectivity index (χ0v) is 11.7. The van der Waals surface area contributed by atoms with E-state index >= 15 is 0 Å². The van der Waals surface area contributed by atoms with Gasteiger partial charge in [-0.1, -0.05) is 0 Å². The molecule has 0 unspecified atom stereocenters. The number of rotatable bonds is 3. The lowest BCUT2D eigenvalue weighted by molar-refractivity contribution is -0.194. The van der Waals surface area contributed by atoms with Crippen molar-refractivity contribution in [2.75, 3.05) is 12.3 Å². The number of aromatic amines is 1. The summed E-state index contributed by atoms with van der Waals surface area (Å²) < 4.78 is 60.1. The summed E-state index contributed by atoms with van der Waals surface area (Å²) in [6.07, 6.45) is -8.37. The number of hydrogen-bond donors (Lipinski definition) is 4. The Morgan fingerprint density at radius 1 is 1.50 bits per heavy atom. The summed E-state index contributed by atoms with van der Waals surface area (Å²) in [5, 5.41) is 18.7. The average molecular weight is 353 g/mol. The fourth-order valence-electron chi connectivity index (χ4n) is 2.53. The number of aliphatic hydroxyl groups excluding tert-OH is 2. The lowest BCUT2D eigenvalue weighted by Crippen LogP contribution is -2.53. The maximum atomic E-state index is 14.3. The fraction of sp³-hybridized carbons (Fsp3) is 0.545. The van der Waals surface area contributed by atoms with Crippen molar-refractivity contribution < 1.29 is 32.5 Å². The number of ether oxygens (including phenoxy) is 1. The van der Waals surface area contributed by atoms with Crippen molar-refractivity contribution in [2.45, 2.75) is 30.3 Å². The lowest BCUT2D eigenvalue weighted by Gasteiger charge is -2.28. The Hall–Kier alpha value is -2.25. The highest BCUT2D eigenvalue weighted by Gasteiger charge is 2.70. The van der Waals surface area contributed by atoms with Crippen molar-refractivity contribution in [3.05, 3.63) is 16.7 Å². The van der Waals surface area contributed by atoms with Gasteiger partial charge in [-0.2, -0.15) is 13.8 Å². The smallest absolute Gasteiger partial charge is 0.320 e. The Labute approximate surface area is 129 Å². The third kappa shape index (κ3) is 2.01. The number of hydrogen-bond acceptors (Lipinski definition) is 7. The van der Waals surface area contributed by atoms with E-state index in [1.54, 1.807) is 0 Å². The Kier molecular flexibility index (Phi) is 3.54. The molecule has 3 heterocycles. The van der Waals surface area contributed by atoms with Gasteiger partial charge in [0, 0.05) is 0 Å². The molecule has 3 atom stereocenters. The Morgan fingerprint density at radius 2 is 2.17 bits per heavy atom. The average Bonchev–Trinajstić information content (AvgIpc) is 2.99. The molecule has 0 bridgehead atoms.